The summed E-state index contributed by atoms with van der Waals surface area (Å²) in [6, 6.07) is 8.29. The van der Waals surface area contributed by atoms with Gasteiger partial charge in [0.2, 0.25) is 11.8 Å². The lowest BCUT2D eigenvalue weighted by molar-refractivity contribution is -0.117. The summed E-state index contributed by atoms with van der Waals surface area (Å²) in [6.07, 6.45) is 0.209. The fourth-order valence-electron chi connectivity index (χ4n) is 2.90. The van der Waals surface area contributed by atoms with Gasteiger partial charge in [-0.3, -0.25) is 28.8 Å². The summed E-state index contributed by atoms with van der Waals surface area (Å²) >= 11 is 11.8. The highest BCUT2D eigenvalue weighted by atomic mass is 35.5. The molecule has 2 rings (SSSR count). The molecule has 0 aliphatic rings. The van der Waals surface area contributed by atoms with Crippen molar-refractivity contribution in [2.45, 2.75) is 20.3 Å². The van der Waals surface area contributed by atoms with Crippen LogP contribution in [0.15, 0.2) is 36.4 Å². The number of rotatable bonds is 10. The summed E-state index contributed by atoms with van der Waals surface area (Å²) in [5.41, 5.74) is 0.154. The summed E-state index contributed by atoms with van der Waals surface area (Å²) in [5.74, 6) is -4.51. The van der Waals surface area contributed by atoms with Gasteiger partial charge in [-0.25, -0.2) is 0 Å². The van der Waals surface area contributed by atoms with E-state index in [2.05, 4.69) is 21.3 Å². The van der Waals surface area contributed by atoms with Crippen molar-refractivity contribution in [3.8, 4) is 0 Å². The van der Waals surface area contributed by atoms with E-state index >= 15 is 0 Å². The largest absolute Gasteiger partial charge is 0.349 e. The van der Waals surface area contributed by atoms with E-state index in [1.807, 2.05) is 0 Å². The third-order valence-corrected chi connectivity index (χ3v) is 4.88. The molecule has 10 nitrogen and oxygen atoms in total. The van der Waals surface area contributed by atoms with Crippen molar-refractivity contribution in [1.82, 2.24) is 10.6 Å². The zero-order chi connectivity index (χ0) is 26.1. The summed E-state index contributed by atoms with van der Waals surface area (Å²) in [6.45, 7) is 2.55. The normalized spacial score (nSPS) is 10.2. The topological polar surface area (TPSA) is 151 Å². The summed E-state index contributed by atoms with van der Waals surface area (Å²) in [7, 11) is 0. The molecule has 0 fully saturated rings. The minimum atomic E-state index is -0.930. The molecule has 0 heterocycles. The third kappa shape index (κ3) is 8.20. The molecule has 0 aliphatic heterocycles. The Kier molecular flexibility index (Phi) is 9.92. The number of Topliss-reactive ketones (excluding diaryl/α,β-unsaturated/α-hetero) is 2. The molecule has 0 bridgehead atoms. The molecule has 0 saturated carbocycles. The second kappa shape index (κ2) is 12.6. The Hall–Kier alpha value is -3.76. The first-order valence-corrected chi connectivity index (χ1v) is 11.0. The van der Waals surface area contributed by atoms with Crippen molar-refractivity contribution < 1.29 is 28.8 Å². The van der Waals surface area contributed by atoms with Crippen molar-refractivity contribution in [1.29, 1.82) is 0 Å². The molecular formula is C23H22Cl2N4O6. The van der Waals surface area contributed by atoms with Gasteiger partial charge in [-0.2, -0.15) is 0 Å². The Morgan fingerprint density at radius 1 is 0.657 bits per heavy atom. The van der Waals surface area contributed by atoms with Crippen LogP contribution in [-0.4, -0.2) is 48.3 Å². The van der Waals surface area contributed by atoms with Crippen LogP contribution in [-0.2, 0) is 19.2 Å². The molecule has 2 aromatic carbocycles. The first kappa shape index (κ1) is 27.5. The monoisotopic (exact) mass is 520 g/mol. The SMILES string of the molecule is CC(=O)Nc1ccc(Cl)cc1C(=O)C(=O)NCCCNC(=O)C(=O)c1cc(Cl)ccc1NC(C)=O. The first-order chi connectivity index (χ1) is 16.5. The van der Waals surface area contributed by atoms with Crippen LogP contribution in [0.25, 0.3) is 0 Å². The number of amides is 4. The smallest absolute Gasteiger partial charge is 0.292 e. The lowest BCUT2D eigenvalue weighted by Gasteiger charge is -2.11. The molecule has 0 atom stereocenters. The number of ketones is 2. The molecule has 0 unspecified atom stereocenters. The van der Waals surface area contributed by atoms with Gasteiger partial charge in [0.25, 0.3) is 23.4 Å². The van der Waals surface area contributed by atoms with Crippen LogP contribution in [0.4, 0.5) is 11.4 Å². The Balaban J connectivity index is 1.89. The van der Waals surface area contributed by atoms with Gasteiger partial charge >= 0.3 is 0 Å². The van der Waals surface area contributed by atoms with Crippen LogP contribution in [0.1, 0.15) is 41.0 Å². The van der Waals surface area contributed by atoms with Crippen molar-refractivity contribution in [2.75, 3.05) is 23.7 Å². The zero-order valence-corrected chi connectivity index (χ0v) is 20.3. The standard InChI is InChI=1S/C23H22Cl2N4O6/c1-12(30)28-18-6-4-14(24)10-16(18)20(32)22(34)26-8-3-9-27-23(35)21(33)17-11-15(25)5-7-19(17)29-13(2)31/h4-7,10-11H,3,8-9H2,1-2H3,(H,26,34)(H,27,35)(H,28,30)(H,29,31). The highest BCUT2D eigenvalue weighted by molar-refractivity contribution is 6.45. The molecule has 0 aromatic heterocycles. The van der Waals surface area contributed by atoms with Crippen molar-refractivity contribution in [3.63, 3.8) is 0 Å². The van der Waals surface area contributed by atoms with E-state index in [4.69, 9.17) is 23.2 Å². The minimum absolute atomic E-state index is 0.0172. The predicted octanol–water partition coefficient (Wildman–Crippen LogP) is 2.60. The molecular weight excluding hydrogens is 499 g/mol. The summed E-state index contributed by atoms with van der Waals surface area (Å²) in [5, 5.41) is 10.2. The Morgan fingerprint density at radius 2 is 1.03 bits per heavy atom. The number of carbonyl (C=O) groups excluding carboxylic acids is 6. The van der Waals surface area contributed by atoms with Crippen molar-refractivity contribution in [3.05, 3.63) is 57.6 Å². The van der Waals surface area contributed by atoms with Crippen LogP contribution in [0.2, 0.25) is 10.0 Å². The van der Waals surface area contributed by atoms with E-state index in [1.54, 1.807) is 0 Å². The molecule has 4 N–H and O–H groups in total. The molecule has 2 aromatic rings. The number of hydrogen-bond acceptors (Lipinski definition) is 6. The number of nitrogens with one attached hydrogen (secondary N) is 4. The number of anilines is 2. The fraction of sp³-hybridized carbons (Fsp3) is 0.217. The minimum Gasteiger partial charge on any atom is -0.349 e. The molecule has 35 heavy (non-hydrogen) atoms. The van der Waals surface area contributed by atoms with E-state index in [1.165, 1.54) is 50.2 Å². The predicted molar refractivity (Wildman–Crippen MR) is 131 cm³/mol. The van der Waals surface area contributed by atoms with Gasteiger partial charge in [0.1, 0.15) is 0 Å². The average Bonchev–Trinajstić information content (AvgIpc) is 2.79. The quantitative estimate of drug-likeness (QED) is 0.214. The Morgan fingerprint density at radius 3 is 1.37 bits per heavy atom. The first-order valence-electron chi connectivity index (χ1n) is 10.3. The maximum Gasteiger partial charge on any atom is 0.292 e. The third-order valence-electron chi connectivity index (χ3n) is 4.41. The van der Waals surface area contributed by atoms with Gasteiger partial charge in [-0.05, 0) is 42.8 Å². The highest BCUT2D eigenvalue weighted by Crippen LogP contribution is 2.22. The maximum atomic E-state index is 12.5. The van der Waals surface area contributed by atoms with Crippen LogP contribution in [0.3, 0.4) is 0 Å². The number of benzene rings is 2. The van der Waals surface area contributed by atoms with E-state index in [-0.39, 0.29) is 52.1 Å². The van der Waals surface area contributed by atoms with E-state index in [9.17, 15) is 28.8 Å². The molecule has 0 spiro atoms. The molecule has 0 aliphatic carbocycles. The average molecular weight is 521 g/mol. The summed E-state index contributed by atoms with van der Waals surface area (Å²) in [4.78, 5) is 72.1. The van der Waals surface area contributed by atoms with Crippen LogP contribution in [0.5, 0.6) is 0 Å². The van der Waals surface area contributed by atoms with Crippen LogP contribution >= 0.6 is 23.2 Å². The van der Waals surface area contributed by atoms with E-state index < -0.39 is 35.2 Å². The lowest BCUT2D eigenvalue weighted by atomic mass is 10.1. The van der Waals surface area contributed by atoms with E-state index in [0.29, 0.717) is 0 Å². The number of hydrogen-bond donors (Lipinski definition) is 4. The summed E-state index contributed by atoms with van der Waals surface area (Å²) < 4.78 is 0. The highest BCUT2D eigenvalue weighted by Gasteiger charge is 2.22. The molecule has 4 amide bonds. The number of halogens is 2. The van der Waals surface area contributed by atoms with Gasteiger partial charge in [-0.15, -0.1) is 0 Å². The molecule has 0 saturated heterocycles. The van der Waals surface area contributed by atoms with Gasteiger partial charge in [0, 0.05) is 37.0 Å². The van der Waals surface area contributed by atoms with Gasteiger partial charge in [-0.1, -0.05) is 23.2 Å². The van der Waals surface area contributed by atoms with Crippen molar-refractivity contribution >= 4 is 69.8 Å². The molecule has 0 radical (unpaired) electrons. The maximum absolute atomic E-state index is 12.5. The molecule has 12 heteroatoms. The van der Waals surface area contributed by atoms with Crippen LogP contribution < -0.4 is 21.3 Å². The Bertz CT molecular complexity index is 1110. The van der Waals surface area contributed by atoms with Crippen LogP contribution in [0, 0.1) is 0 Å². The Labute approximate surface area is 210 Å². The van der Waals surface area contributed by atoms with Gasteiger partial charge < -0.3 is 21.3 Å². The lowest BCUT2D eigenvalue weighted by Crippen LogP contribution is -2.36. The zero-order valence-electron chi connectivity index (χ0n) is 18.8. The second-order valence-corrected chi connectivity index (χ2v) is 8.14. The van der Waals surface area contributed by atoms with Gasteiger partial charge in [0.15, 0.2) is 0 Å². The van der Waals surface area contributed by atoms with Crippen molar-refractivity contribution in [2.24, 2.45) is 0 Å². The van der Waals surface area contributed by atoms with E-state index in [0.717, 1.165) is 0 Å². The fourth-order valence-corrected chi connectivity index (χ4v) is 3.25. The molecule has 184 valence electrons. The number of carbonyl (C=O) groups is 6. The van der Waals surface area contributed by atoms with Gasteiger partial charge in [0.05, 0.1) is 22.5 Å². The second-order valence-electron chi connectivity index (χ2n) is 7.27.